The number of benzene rings is 1. The second-order valence-electron chi connectivity index (χ2n) is 4.75. The van der Waals surface area contributed by atoms with E-state index in [2.05, 4.69) is 37.4 Å². The maximum Gasteiger partial charge on any atom is 0.121 e. The summed E-state index contributed by atoms with van der Waals surface area (Å²) in [6, 6.07) is 10.7. The minimum absolute atomic E-state index is 0.305. The van der Waals surface area contributed by atoms with Crippen LogP contribution in [0.1, 0.15) is 29.0 Å². The Morgan fingerprint density at radius 1 is 1.30 bits per heavy atom. The van der Waals surface area contributed by atoms with Gasteiger partial charge in [0.05, 0.1) is 11.4 Å². The van der Waals surface area contributed by atoms with Gasteiger partial charge in [0, 0.05) is 17.3 Å². The van der Waals surface area contributed by atoms with E-state index in [1.165, 1.54) is 10.4 Å². The van der Waals surface area contributed by atoms with Crippen molar-refractivity contribution >= 4 is 22.9 Å². The molecule has 1 unspecified atom stereocenters. The largest absolute Gasteiger partial charge is 0.496 e. The summed E-state index contributed by atoms with van der Waals surface area (Å²) < 4.78 is 6.17. The highest BCUT2D eigenvalue weighted by Gasteiger charge is 2.13. The van der Waals surface area contributed by atoms with Crippen LogP contribution in [0.5, 0.6) is 5.75 Å². The van der Waals surface area contributed by atoms with Crippen LogP contribution in [0.4, 0.5) is 0 Å². The van der Waals surface area contributed by atoms with Gasteiger partial charge in [-0.3, -0.25) is 0 Å². The molecule has 0 fully saturated rings. The van der Waals surface area contributed by atoms with Crippen molar-refractivity contribution in [2.45, 2.75) is 26.3 Å². The molecule has 2 aromatic rings. The Hall–Kier alpha value is -1.03. The fourth-order valence-electron chi connectivity index (χ4n) is 2.34. The van der Waals surface area contributed by atoms with E-state index in [-0.39, 0.29) is 0 Å². The van der Waals surface area contributed by atoms with Crippen molar-refractivity contribution < 1.29 is 4.74 Å². The van der Waals surface area contributed by atoms with Gasteiger partial charge in [-0.1, -0.05) is 30.7 Å². The fraction of sp³-hybridized carbons (Fsp3) is 0.375. The van der Waals surface area contributed by atoms with Crippen molar-refractivity contribution in [3.63, 3.8) is 0 Å². The summed E-state index contributed by atoms with van der Waals surface area (Å²) in [5.74, 6) is 0.933. The Kier molecular flexibility index (Phi) is 5.46. The molecule has 0 aliphatic rings. The second kappa shape index (κ2) is 7.11. The van der Waals surface area contributed by atoms with Gasteiger partial charge in [-0.05, 0) is 42.8 Å². The molecule has 108 valence electrons. The lowest BCUT2D eigenvalue weighted by atomic mass is 10.0. The minimum Gasteiger partial charge on any atom is -0.496 e. The van der Waals surface area contributed by atoms with Crippen molar-refractivity contribution in [2.75, 3.05) is 13.7 Å². The van der Waals surface area contributed by atoms with Gasteiger partial charge < -0.3 is 10.1 Å². The molecule has 1 heterocycles. The first-order chi connectivity index (χ1) is 9.63. The zero-order valence-corrected chi connectivity index (χ0v) is 13.6. The van der Waals surface area contributed by atoms with Gasteiger partial charge in [-0.25, -0.2) is 0 Å². The molecule has 4 heteroatoms. The van der Waals surface area contributed by atoms with Crippen LogP contribution in [0.15, 0.2) is 30.3 Å². The molecule has 0 spiro atoms. The van der Waals surface area contributed by atoms with E-state index in [4.69, 9.17) is 16.3 Å². The molecule has 0 aliphatic heterocycles. The quantitative estimate of drug-likeness (QED) is 0.841. The van der Waals surface area contributed by atoms with E-state index in [0.717, 1.165) is 28.6 Å². The molecule has 20 heavy (non-hydrogen) atoms. The van der Waals surface area contributed by atoms with Gasteiger partial charge in [0.25, 0.3) is 0 Å². The summed E-state index contributed by atoms with van der Waals surface area (Å²) in [5.41, 5.74) is 2.45. The predicted molar refractivity (Wildman–Crippen MR) is 87.2 cm³/mol. The number of aryl methyl sites for hydroxylation is 1. The Balaban J connectivity index is 2.21. The molecule has 2 rings (SSSR count). The number of likely N-dealkylation sites (N-methyl/N-ethyl adjacent to an activating group) is 1. The van der Waals surface area contributed by atoms with Gasteiger partial charge in [0.15, 0.2) is 0 Å². The van der Waals surface area contributed by atoms with E-state index in [1.807, 2.05) is 12.1 Å². The molecule has 0 aliphatic carbocycles. The number of halogens is 1. The third-order valence-electron chi connectivity index (χ3n) is 3.31. The van der Waals surface area contributed by atoms with Crippen LogP contribution in [0, 0.1) is 6.92 Å². The van der Waals surface area contributed by atoms with Crippen LogP contribution >= 0.6 is 22.9 Å². The third kappa shape index (κ3) is 3.75. The van der Waals surface area contributed by atoms with Crippen molar-refractivity contribution in [3.05, 3.63) is 50.7 Å². The zero-order chi connectivity index (χ0) is 14.5. The van der Waals surface area contributed by atoms with Crippen molar-refractivity contribution in [3.8, 4) is 5.75 Å². The predicted octanol–water partition coefficient (Wildman–Crippen LogP) is 4.61. The van der Waals surface area contributed by atoms with Crippen LogP contribution in [0.25, 0.3) is 0 Å². The number of nitrogens with one attached hydrogen (secondary N) is 1. The fourth-order valence-corrected chi connectivity index (χ4v) is 3.47. The van der Waals surface area contributed by atoms with Crippen molar-refractivity contribution in [1.29, 1.82) is 0 Å². The highest BCUT2D eigenvalue weighted by Crippen LogP contribution is 2.28. The lowest BCUT2D eigenvalue weighted by Crippen LogP contribution is -2.22. The molecule has 1 aromatic heterocycles. The summed E-state index contributed by atoms with van der Waals surface area (Å²) in [6.07, 6.45) is 0.955. The van der Waals surface area contributed by atoms with Crippen LogP contribution in [0.2, 0.25) is 4.34 Å². The van der Waals surface area contributed by atoms with E-state index in [0.29, 0.717) is 6.04 Å². The van der Waals surface area contributed by atoms with Gasteiger partial charge in [0.1, 0.15) is 5.75 Å². The number of methoxy groups -OCH3 is 1. The topological polar surface area (TPSA) is 21.3 Å². The molecule has 1 N–H and O–H groups in total. The second-order valence-corrected chi connectivity index (χ2v) is 6.55. The van der Waals surface area contributed by atoms with Gasteiger partial charge >= 0.3 is 0 Å². The molecule has 0 radical (unpaired) electrons. The number of hydrogen-bond donors (Lipinski definition) is 1. The zero-order valence-electron chi connectivity index (χ0n) is 12.1. The average Bonchev–Trinajstić information content (AvgIpc) is 2.83. The molecular weight excluding hydrogens is 290 g/mol. The van der Waals surface area contributed by atoms with Gasteiger partial charge in [-0.2, -0.15) is 0 Å². The van der Waals surface area contributed by atoms with E-state index < -0.39 is 0 Å². The maximum atomic E-state index is 6.01. The molecule has 0 bridgehead atoms. The molecule has 0 saturated carbocycles. The highest BCUT2D eigenvalue weighted by molar-refractivity contribution is 7.16. The molecule has 0 saturated heterocycles. The SMILES string of the molecule is CCNC(Cc1ccc(Cl)s1)c1ccc(OC)c(C)c1. The first-order valence-corrected chi connectivity index (χ1v) is 7.95. The number of ether oxygens (including phenoxy) is 1. The van der Waals surface area contributed by atoms with Gasteiger partial charge in [-0.15, -0.1) is 11.3 Å². The monoisotopic (exact) mass is 309 g/mol. The van der Waals surface area contributed by atoms with Crippen LogP contribution < -0.4 is 10.1 Å². The molecule has 1 atom stereocenters. The molecular formula is C16H20ClNOS. The Morgan fingerprint density at radius 2 is 2.10 bits per heavy atom. The average molecular weight is 310 g/mol. The smallest absolute Gasteiger partial charge is 0.121 e. The Morgan fingerprint density at radius 3 is 2.65 bits per heavy atom. The Bertz CT molecular complexity index is 567. The van der Waals surface area contributed by atoms with E-state index in [1.54, 1.807) is 18.4 Å². The normalized spacial score (nSPS) is 12.4. The van der Waals surface area contributed by atoms with Crippen molar-refractivity contribution in [2.24, 2.45) is 0 Å². The lowest BCUT2D eigenvalue weighted by molar-refractivity contribution is 0.411. The molecule has 2 nitrogen and oxygen atoms in total. The van der Waals surface area contributed by atoms with Gasteiger partial charge in [0.2, 0.25) is 0 Å². The molecule has 0 amide bonds. The van der Waals surface area contributed by atoms with E-state index >= 15 is 0 Å². The van der Waals surface area contributed by atoms with Crippen LogP contribution in [-0.2, 0) is 6.42 Å². The maximum absolute atomic E-state index is 6.01. The lowest BCUT2D eigenvalue weighted by Gasteiger charge is -2.19. The standard InChI is InChI=1S/C16H20ClNOS/c1-4-18-14(10-13-6-8-16(17)20-13)12-5-7-15(19-3)11(2)9-12/h5-9,14,18H,4,10H2,1-3H3. The third-order valence-corrected chi connectivity index (χ3v) is 4.56. The summed E-state index contributed by atoms with van der Waals surface area (Å²) in [7, 11) is 1.71. The Labute approximate surface area is 129 Å². The first kappa shape index (κ1) is 15.4. The number of hydrogen-bond acceptors (Lipinski definition) is 3. The first-order valence-electron chi connectivity index (χ1n) is 6.76. The summed E-state index contributed by atoms with van der Waals surface area (Å²) in [5, 5.41) is 3.54. The highest BCUT2D eigenvalue weighted by atomic mass is 35.5. The summed E-state index contributed by atoms with van der Waals surface area (Å²) >= 11 is 7.66. The number of rotatable bonds is 6. The van der Waals surface area contributed by atoms with Crippen molar-refractivity contribution in [1.82, 2.24) is 5.32 Å². The van der Waals surface area contributed by atoms with Crippen LogP contribution in [-0.4, -0.2) is 13.7 Å². The van der Waals surface area contributed by atoms with Crippen LogP contribution in [0.3, 0.4) is 0 Å². The summed E-state index contributed by atoms with van der Waals surface area (Å²) in [4.78, 5) is 1.30. The van der Waals surface area contributed by atoms with E-state index in [9.17, 15) is 0 Å². The minimum atomic E-state index is 0.305. The molecule has 1 aromatic carbocycles. The summed E-state index contributed by atoms with van der Waals surface area (Å²) in [6.45, 7) is 5.15. The number of thiophene rings is 1.